The van der Waals surface area contributed by atoms with Gasteiger partial charge in [-0.05, 0) is 31.2 Å². The van der Waals surface area contributed by atoms with Gasteiger partial charge < -0.3 is 4.74 Å². The first-order valence-electron chi connectivity index (χ1n) is 7.73. The number of halogens is 3. The molecule has 3 aromatic rings. The molecule has 0 aliphatic rings. The Kier molecular flexibility index (Phi) is 4.54. The van der Waals surface area contributed by atoms with Gasteiger partial charge >= 0.3 is 12.1 Å². The quantitative estimate of drug-likeness (QED) is 0.665. The lowest BCUT2D eigenvalue weighted by molar-refractivity contribution is -0.137. The smallest absolute Gasteiger partial charge is 0.416 e. The number of alkyl halides is 3. The van der Waals surface area contributed by atoms with Crippen molar-refractivity contribution < 1.29 is 22.7 Å². The molecule has 0 unspecified atom stereocenters. The molecule has 0 aliphatic heterocycles. The predicted molar refractivity (Wildman–Crippen MR) is 86.7 cm³/mol. The number of carbonyl (C=O) groups is 1. The summed E-state index contributed by atoms with van der Waals surface area (Å²) in [5.74, 6) is -0.502. The van der Waals surface area contributed by atoms with Crippen LogP contribution in [-0.2, 0) is 18.0 Å². The normalized spacial score (nSPS) is 11.6. The van der Waals surface area contributed by atoms with E-state index in [4.69, 9.17) is 4.74 Å². The average Bonchev–Trinajstić information content (AvgIpc) is 3.21. The van der Waals surface area contributed by atoms with Crippen LogP contribution in [0.25, 0.3) is 16.9 Å². The minimum Gasteiger partial charge on any atom is -0.462 e. The van der Waals surface area contributed by atoms with Crippen molar-refractivity contribution in [1.82, 2.24) is 19.6 Å². The van der Waals surface area contributed by atoms with Crippen molar-refractivity contribution >= 4 is 5.97 Å². The second-order valence-electron chi connectivity index (χ2n) is 5.47. The highest BCUT2D eigenvalue weighted by atomic mass is 19.4. The number of rotatable bonds is 4. The summed E-state index contributed by atoms with van der Waals surface area (Å²) < 4.78 is 45.9. The maximum absolute atomic E-state index is 12.7. The molecule has 0 saturated carbocycles. The van der Waals surface area contributed by atoms with Crippen molar-refractivity contribution in [2.75, 3.05) is 6.61 Å². The Bertz CT molecular complexity index is 926. The first-order chi connectivity index (χ1) is 12.3. The zero-order chi connectivity index (χ0) is 18.9. The summed E-state index contributed by atoms with van der Waals surface area (Å²) in [7, 11) is 1.67. The molecule has 26 heavy (non-hydrogen) atoms. The van der Waals surface area contributed by atoms with Gasteiger partial charge in [0.05, 0.1) is 35.9 Å². The van der Waals surface area contributed by atoms with Gasteiger partial charge in [0.15, 0.2) is 0 Å². The molecule has 3 rings (SSSR count). The van der Waals surface area contributed by atoms with Crippen molar-refractivity contribution in [3.05, 3.63) is 54.0 Å². The Morgan fingerprint density at radius 3 is 2.46 bits per heavy atom. The molecule has 136 valence electrons. The van der Waals surface area contributed by atoms with E-state index in [1.165, 1.54) is 33.9 Å². The van der Waals surface area contributed by atoms with Crippen LogP contribution < -0.4 is 0 Å². The van der Waals surface area contributed by atoms with E-state index >= 15 is 0 Å². The molecule has 6 nitrogen and oxygen atoms in total. The fourth-order valence-corrected chi connectivity index (χ4v) is 2.53. The number of aromatic nitrogens is 4. The number of hydrogen-bond donors (Lipinski definition) is 0. The van der Waals surface area contributed by atoms with E-state index in [1.807, 2.05) is 0 Å². The van der Waals surface area contributed by atoms with Crippen molar-refractivity contribution in [3.63, 3.8) is 0 Å². The number of ether oxygens (including phenoxy) is 1. The van der Waals surface area contributed by atoms with Crippen LogP contribution in [0.3, 0.4) is 0 Å². The summed E-state index contributed by atoms with van der Waals surface area (Å²) in [6.07, 6.45) is 0.138. The molecule has 0 fully saturated rings. The van der Waals surface area contributed by atoms with Gasteiger partial charge in [-0.25, -0.2) is 9.48 Å². The van der Waals surface area contributed by atoms with Crippen molar-refractivity contribution in [1.29, 1.82) is 0 Å². The van der Waals surface area contributed by atoms with Crippen LogP contribution in [0.15, 0.2) is 42.9 Å². The Morgan fingerprint density at radius 1 is 1.15 bits per heavy atom. The molecule has 0 N–H and O–H groups in total. The molecule has 0 amide bonds. The van der Waals surface area contributed by atoms with Gasteiger partial charge in [-0.15, -0.1) is 0 Å². The van der Waals surface area contributed by atoms with E-state index in [0.29, 0.717) is 22.5 Å². The third kappa shape index (κ3) is 3.32. The minimum atomic E-state index is -4.39. The van der Waals surface area contributed by atoms with Gasteiger partial charge in [-0.3, -0.25) is 4.68 Å². The topological polar surface area (TPSA) is 61.9 Å². The van der Waals surface area contributed by atoms with Crippen LogP contribution in [-0.4, -0.2) is 32.1 Å². The lowest BCUT2D eigenvalue weighted by Gasteiger charge is -2.07. The fraction of sp³-hybridized carbons (Fsp3) is 0.235. The van der Waals surface area contributed by atoms with Crippen LogP contribution in [0.2, 0.25) is 0 Å². The maximum Gasteiger partial charge on any atom is 0.416 e. The highest BCUT2D eigenvalue weighted by Crippen LogP contribution is 2.30. The molecule has 0 radical (unpaired) electrons. The standard InChI is InChI=1S/C17H15F3N4O2/c1-3-26-16(25)14-9-21-23(2)15(14)11-8-22-24(10-11)13-6-4-12(5-7-13)17(18,19)20/h4-10H,3H2,1-2H3. The van der Waals surface area contributed by atoms with Crippen LogP contribution >= 0.6 is 0 Å². The number of esters is 1. The Balaban J connectivity index is 1.94. The Labute approximate surface area is 146 Å². The van der Waals surface area contributed by atoms with E-state index in [2.05, 4.69) is 10.2 Å². The van der Waals surface area contributed by atoms with Crippen LogP contribution in [0.1, 0.15) is 22.8 Å². The second-order valence-corrected chi connectivity index (χ2v) is 5.47. The third-order valence-electron chi connectivity index (χ3n) is 3.75. The summed E-state index contributed by atoms with van der Waals surface area (Å²) in [6.45, 7) is 1.94. The molecule has 2 aromatic heterocycles. The fourth-order valence-electron chi connectivity index (χ4n) is 2.53. The monoisotopic (exact) mass is 364 g/mol. The van der Waals surface area contributed by atoms with Gasteiger partial charge in [0.25, 0.3) is 0 Å². The zero-order valence-electron chi connectivity index (χ0n) is 14.0. The molecule has 0 bridgehead atoms. The molecular weight excluding hydrogens is 349 g/mol. The van der Waals surface area contributed by atoms with Crippen LogP contribution in [0.5, 0.6) is 0 Å². The maximum atomic E-state index is 12.7. The molecule has 0 saturated heterocycles. The molecule has 0 atom stereocenters. The second kappa shape index (κ2) is 6.66. The summed E-state index contributed by atoms with van der Waals surface area (Å²) in [4.78, 5) is 12.1. The van der Waals surface area contributed by atoms with Crippen molar-refractivity contribution in [2.45, 2.75) is 13.1 Å². The van der Waals surface area contributed by atoms with Gasteiger partial charge in [0.2, 0.25) is 0 Å². The first-order valence-corrected chi connectivity index (χ1v) is 7.73. The van der Waals surface area contributed by atoms with E-state index < -0.39 is 17.7 Å². The molecule has 0 spiro atoms. The van der Waals surface area contributed by atoms with E-state index in [-0.39, 0.29) is 6.61 Å². The molecule has 9 heteroatoms. The number of aryl methyl sites for hydroxylation is 1. The molecule has 1 aromatic carbocycles. The number of carbonyl (C=O) groups excluding carboxylic acids is 1. The van der Waals surface area contributed by atoms with Crippen molar-refractivity contribution in [2.24, 2.45) is 7.05 Å². The summed E-state index contributed by atoms with van der Waals surface area (Å²) in [5, 5.41) is 8.23. The van der Waals surface area contributed by atoms with E-state index in [9.17, 15) is 18.0 Å². The average molecular weight is 364 g/mol. The van der Waals surface area contributed by atoms with Gasteiger partial charge in [0.1, 0.15) is 5.56 Å². The lowest BCUT2D eigenvalue weighted by atomic mass is 10.1. The third-order valence-corrected chi connectivity index (χ3v) is 3.75. The van der Waals surface area contributed by atoms with Crippen LogP contribution in [0, 0.1) is 0 Å². The highest BCUT2D eigenvalue weighted by molar-refractivity contribution is 5.96. The highest BCUT2D eigenvalue weighted by Gasteiger charge is 2.30. The summed E-state index contributed by atoms with van der Waals surface area (Å²) in [5.41, 5.74) is 1.13. The molecule has 2 heterocycles. The van der Waals surface area contributed by atoms with Crippen LogP contribution in [0.4, 0.5) is 13.2 Å². The van der Waals surface area contributed by atoms with Crippen molar-refractivity contribution in [3.8, 4) is 16.9 Å². The Morgan fingerprint density at radius 2 is 1.85 bits per heavy atom. The zero-order valence-corrected chi connectivity index (χ0v) is 14.0. The van der Waals surface area contributed by atoms with E-state index in [0.717, 1.165) is 12.1 Å². The Hall–Kier alpha value is -3.10. The largest absolute Gasteiger partial charge is 0.462 e. The number of benzene rings is 1. The number of hydrogen-bond acceptors (Lipinski definition) is 4. The summed E-state index contributed by atoms with van der Waals surface area (Å²) in [6, 6.07) is 4.64. The molecule has 0 aliphatic carbocycles. The summed E-state index contributed by atoms with van der Waals surface area (Å²) >= 11 is 0. The minimum absolute atomic E-state index is 0.234. The predicted octanol–water partition coefficient (Wildman–Crippen LogP) is 3.47. The molecular formula is C17H15F3N4O2. The van der Waals surface area contributed by atoms with E-state index in [1.54, 1.807) is 20.2 Å². The van der Waals surface area contributed by atoms with Gasteiger partial charge in [-0.2, -0.15) is 23.4 Å². The lowest BCUT2D eigenvalue weighted by Crippen LogP contribution is -2.06. The van der Waals surface area contributed by atoms with Gasteiger partial charge in [-0.1, -0.05) is 0 Å². The van der Waals surface area contributed by atoms with Gasteiger partial charge in [0, 0.05) is 18.8 Å². The first kappa shape index (κ1) is 17.7. The number of nitrogens with zero attached hydrogens (tertiary/aromatic N) is 4. The SMILES string of the molecule is CCOC(=O)c1cnn(C)c1-c1cnn(-c2ccc(C(F)(F)F)cc2)c1.